The van der Waals surface area contributed by atoms with Gasteiger partial charge in [-0.3, -0.25) is 4.40 Å². The maximum Gasteiger partial charge on any atom is 0.416 e. The molecule has 4 rings (SSSR count). The van der Waals surface area contributed by atoms with Gasteiger partial charge in [0, 0.05) is 17.3 Å². The summed E-state index contributed by atoms with van der Waals surface area (Å²) in [5.74, 6) is -0.293. The van der Waals surface area contributed by atoms with Gasteiger partial charge in [0.1, 0.15) is 11.4 Å². The van der Waals surface area contributed by atoms with Gasteiger partial charge in [-0.1, -0.05) is 30.3 Å². The Labute approximate surface area is 171 Å². The van der Waals surface area contributed by atoms with E-state index in [1.165, 1.54) is 17.5 Å². The van der Waals surface area contributed by atoms with Crippen LogP contribution >= 0.6 is 0 Å². The molecule has 160 valence electrons. The number of halogens is 6. The van der Waals surface area contributed by atoms with E-state index in [0.717, 1.165) is 0 Å². The van der Waals surface area contributed by atoms with Gasteiger partial charge in [-0.05, 0) is 25.1 Å². The lowest BCUT2D eigenvalue weighted by Gasteiger charge is -2.15. The minimum atomic E-state index is -5.00. The molecule has 2 aromatic heterocycles. The van der Waals surface area contributed by atoms with Gasteiger partial charge in [0.25, 0.3) is 0 Å². The topological polar surface area (TPSA) is 50.4 Å². The predicted octanol–water partition coefficient (Wildman–Crippen LogP) is 6.11. The quantitative estimate of drug-likeness (QED) is 0.385. The summed E-state index contributed by atoms with van der Waals surface area (Å²) in [4.78, 5) is 8.41. The van der Waals surface area contributed by atoms with Crippen LogP contribution in [0.25, 0.3) is 28.2 Å². The number of hydrogen-bond acceptors (Lipinski definition) is 3. The Morgan fingerprint density at radius 3 is 1.94 bits per heavy atom. The van der Waals surface area contributed by atoms with E-state index in [1.54, 1.807) is 30.3 Å². The maximum absolute atomic E-state index is 13.3. The first kappa shape index (κ1) is 20.7. The van der Waals surface area contributed by atoms with Crippen LogP contribution in [0.15, 0.2) is 54.7 Å². The highest BCUT2D eigenvalue weighted by molar-refractivity contribution is 5.78. The van der Waals surface area contributed by atoms with E-state index < -0.39 is 29.0 Å². The summed E-state index contributed by atoms with van der Waals surface area (Å²) in [5.41, 5.74) is -2.69. The van der Waals surface area contributed by atoms with E-state index in [9.17, 15) is 31.4 Å². The Hall–Kier alpha value is -3.56. The molecule has 2 heterocycles. The normalized spacial score (nSPS) is 12.5. The summed E-state index contributed by atoms with van der Waals surface area (Å²) in [6.07, 6.45) is -8.59. The number of imidazole rings is 1. The van der Waals surface area contributed by atoms with Crippen LogP contribution in [0.5, 0.6) is 5.88 Å². The molecule has 31 heavy (non-hydrogen) atoms. The summed E-state index contributed by atoms with van der Waals surface area (Å²) in [6.45, 7) is 1.46. The highest BCUT2D eigenvalue weighted by Crippen LogP contribution is 2.40. The summed E-state index contributed by atoms with van der Waals surface area (Å²) in [7, 11) is 0. The zero-order chi connectivity index (χ0) is 22.6. The average molecular weight is 437 g/mol. The number of alkyl halides is 6. The largest absolute Gasteiger partial charge is 0.493 e. The minimum Gasteiger partial charge on any atom is -0.493 e. The van der Waals surface area contributed by atoms with E-state index in [4.69, 9.17) is 0 Å². The SMILES string of the molecule is Cc1nc2c(-c3cc(C(F)(F)F)cc(C(F)(F)F)c3)nc(-c3ccccc3)cn2c1O. The van der Waals surface area contributed by atoms with Crippen LogP contribution in [0.3, 0.4) is 0 Å². The van der Waals surface area contributed by atoms with Crippen molar-refractivity contribution in [1.82, 2.24) is 14.4 Å². The van der Waals surface area contributed by atoms with Crippen LogP contribution in [0, 0.1) is 6.92 Å². The van der Waals surface area contributed by atoms with Crippen molar-refractivity contribution < 1.29 is 31.4 Å². The van der Waals surface area contributed by atoms with Gasteiger partial charge >= 0.3 is 12.4 Å². The molecular weight excluding hydrogens is 424 g/mol. The van der Waals surface area contributed by atoms with Crippen molar-refractivity contribution in [2.45, 2.75) is 19.3 Å². The first-order valence-corrected chi connectivity index (χ1v) is 8.89. The minimum absolute atomic E-state index is 0.0516. The fourth-order valence-electron chi connectivity index (χ4n) is 3.18. The first-order valence-electron chi connectivity index (χ1n) is 8.89. The molecule has 0 atom stereocenters. The molecule has 0 aliphatic heterocycles. The van der Waals surface area contributed by atoms with Crippen LogP contribution in [0.1, 0.15) is 16.8 Å². The van der Waals surface area contributed by atoms with Gasteiger partial charge in [-0.25, -0.2) is 9.97 Å². The van der Waals surface area contributed by atoms with Gasteiger partial charge < -0.3 is 5.11 Å². The van der Waals surface area contributed by atoms with E-state index >= 15 is 0 Å². The second-order valence-corrected chi connectivity index (χ2v) is 6.85. The zero-order valence-corrected chi connectivity index (χ0v) is 15.8. The van der Waals surface area contributed by atoms with Crippen LogP contribution < -0.4 is 0 Å². The van der Waals surface area contributed by atoms with E-state index in [1.807, 2.05) is 0 Å². The monoisotopic (exact) mass is 437 g/mol. The number of aromatic nitrogens is 3. The number of aryl methyl sites for hydroxylation is 1. The van der Waals surface area contributed by atoms with Crippen LogP contribution in [0.4, 0.5) is 26.3 Å². The van der Waals surface area contributed by atoms with E-state index in [0.29, 0.717) is 17.7 Å². The van der Waals surface area contributed by atoms with Crippen molar-refractivity contribution in [2.24, 2.45) is 0 Å². The Morgan fingerprint density at radius 2 is 1.39 bits per heavy atom. The molecule has 0 saturated heterocycles. The molecular formula is C21H13F6N3O. The number of benzene rings is 2. The molecule has 1 N–H and O–H groups in total. The number of aromatic hydroxyl groups is 1. The van der Waals surface area contributed by atoms with Gasteiger partial charge in [-0.2, -0.15) is 26.3 Å². The smallest absolute Gasteiger partial charge is 0.416 e. The summed E-state index contributed by atoms with van der Waals surface area (Å²) in [5, 5.41) is 10.3. The second kappa shape index (κ2) is 7.00. The molecule has 0 aliphatic carbocycles. The van der Waals surface area contributed by atoms with Gasteiger partial charge in [-0.15, -0.1) is 0 Å². The van der Waals surface area contributed by atoms with Crippen LogP contribution in [-0.2, 0) is 12.4 Å². The third-order valence-electron chi connectivity index (χ3n) is 4.68. The molecule has 4 aromatic rings. The lowest BCUT2D eigenvalue weighted by atomic mass is 10.0. The summed E-state index contributed by atoms with van der Waals surface area (Å²) < 4.78 is 81.2. The van der Waals surface area contributed by atoms with Gasteiger partial charge in [0.15, 0.2) is 5.65 Å². The van der Waals surface area contributed by atoms with Crippen molar-refractivity contribution in [2.75, 3.05) is 0 Å². The molecule has 0 bridgehead atoms. The lowest BCUT2D eigenvalue weighted by Crippen LogP contribution is -2.11. The first-order chi connectivity index (χ1) is 14.4. The molecule has 0 aliphatic rings. The summed E-state index contributed by atoms with van der Waals surface area (Å²) in [6, 6.07) is 9.72. The third-order valence-corrected chi connectivity index (χ3v) is 4.68. The van der Waals surface area contributed by atoms with Gasteiger partial charge in [0.05, 0.1) is 16.8 Å². The molecule has 0 saturated carbocycles. The molecule has 0 fully saturated rings. The van der Waals surface area contributed by atoms with Gasteiger partial charge in [0.2, 0.25) is 5.88 Å². The predicted molar refractivity (Wildman–Crippen MR) is 100 cm³/mol. The van der Waals surface area contributed by atoms with Crippen molar-refractivity contribution in [3.8, 4) is 28.4 Å². The molecule has 0 unspecified atom stereocenters. The molecule has 4 nitrogen and oxygen atoms in total. The molecule has 0 spiro atoms. The Bertz CT molecular complexity index is 1240. The van der Waals surface area contributed by atoms with Crippen molar-refractivity contribution in [3.63, 3.8) is 0 Å². The number of fused-ring (bicyclic) bond motifs is 1. The molecule has 0 radical (unpaired) electrons. The summed E-state index contributed by atoms with van der Waals surface area (Å²) >= 11 is 0. The molecule has 2 aromatic carbocycles. The van der Waals surface area contributed by atoms with Crippen LogP contribution in [0.2, 0.25) is 0 Å². The fraction of sp³-hybridized carbons (Fsp3) is 0.143. The molecule has 0 amide bonds. The Balaban J connectivity index is 2.07. The average Bonchev–Trinajstić information content (AvgIpc) is 3.00. The lowest BCUT2D eigenvalue weighted by molar-refractivity contribution is -0.143. The second-order valence-electron chi connectivity index (χ2n) is 6.85. The third kappa shape index (κ3) is 3.80. The number of rotatable bonds is 2. The zero-order valence-electron chi connectivity index (χ0n) is 15.8. The van der Waals surface area contributed by atoms with E-state index in [2.05, 4.69) is 9.97 Å². The van der Waals surface area contributed by atoms with Crippen molar-refractivity contribution in [1.29, 1.82) is 0 Å². The Kier molecular flexibility index (Phi) is 4.68. The van der Waals surface area contributed by atoms with Crippen molar-refractivity contribution in [3.05, 3.63) is 71.5 Å². The number of nitrogens with zero attached hydrogens (tertiary/aromatic N) is 3. The number of hydrogen-bond donors (Lipinski definition) is 1. The highest BCUT2D eigenvalue weighted by atomic mass is 19.4. The van der Waals surface area contributed by atoms with Crippen LogP contribution in [-0.4, -0.2) is 19.5 Å². The Morgan fingerprint density at radius 1 is 0.806 bits per heavy atom. The fourth-order valence-corrected chi connectivity index (χ4v) is 3.18. The van der Waals surface area contributed by atoms with Crippen molar-refractivity contribution >= 4 is 5.65 Å². The van der Waals surface area contributed by atoms with E-state index in [-0.39, 0.29) is 34.7 Å². The highest BCUT2D eigenvalue weighted by Gasteiger charge is 2.37. The standard InChI is InChI=1S/C21H13F6N3O/c1-11-19(31)30-10-16(12-5-3-2-4-6-12)29-17(18(30)28-11)13-7-14(20(22,23)24)9-15(8-13)21(25,26)27/h2-10,31H,1H3. The maximum atomic E-state index is 13.3. The molecule has 10 heteroatoms.